The molecule has 1 aliphatic rings. The Labute approximate surface area is 176 Å². The minimum Gasteiger partial charge on any atom is -0.312 e. The average molecular weight is 452 g/mol. The van der Waals surface area contributed by atoms with Crippen LogP contribution < -0.4 is 10.9 Å². The predicted molar refractivity (Wildman–Crippen MR) is 117 cm³/mol. The van der Waals surface area contributed by atoms with E-state index in [9.17, 15) is 4.79 Å². The number of rotatable bonds is 6. The highest BCUT2D eigenvalue weighted by Gasteiger charge is 2.16. The van der Waals surface area contributed by atoms with Crippen molar-refractivity contribution in [3.63, 3.8) is 0 Å². The summed E-state index contributed by atoms with van der Waals surface area (Å²) in [7, 11) is 0. The van der Waals surface area contributed by atoms with Crippen LogP contribution in [0.15, 0.2) is 58.5 Å². The molecule has 0 radical (unpaired) electrons. The van der Waals surface area contributed by atoms with Crippen molar-refractivity contribution in [1.29, 1.82) is 0 Å². The molecule has 1 fully saturated rings. The molecule has 0 amide bonds. The van der Waals surface area contributed by atoms with Crippen molar-refractivity contribution in [3.8, 4) is 0 Å². The zero-order valence-electron chi connectivity index (χ0n) is 16.0. The summed E-state index contributed by atoms with van der Waals surface area (Å²) >= 11 is 3.56. The van der Waals surface area contributed by atoms with Gasteiger partial charge in [-0.25, -0.2) is 4.98 Å². The van der Waals surface area contributed by atoms with Crippen molar-refractivity contribution < 1.29 is 0 Å². The maximum Gasteiger partial charge on any atom is 0.260 e. The van der Waals surface area contributed by atoms with Crippen molar-refractivity contribution >= 4 is 32.3 Å². The lowest BCUT2D eigenvalue weighted by Crippen LogP contribution is -2.26. The van der Waals surface area contributed by atoms with E-state index in [-0.39, 0.29) is 5.56 Å². The van der Waals surface area contributed by atoms with E-state index in [4.69, 9.17) is 0 Å². The zero-order chi connectivity index (χ0) is 19.8. The first-order chi connectivity index (χ1) is 14.2. The van der Waals surface area contributed by atoms with E-state index in [1.54, 1.807) is 17.0 Å². The molecule has 0 spiro atoms. The van der Waals surface area contributed by atoms with Crippen LogP contribution >= 0.6 is 15.9 Å². The van der Waals surface area contributed by atoms with Gasteiger partial charge in [0, 0.05) is 47.4 Å². The second-order valence-electron chi connectivity index (χ2n) is 7.79. The van der Waals surface area contributed by atoms with Crippen LogP contribution in [0.2, 0.25) is 0 Å². The lowest BCUT2D eigenvalue weighted by Gasteiger charge is -2.25. The van der Waals surface area contributed by atoms with Crippen LogP contribution in [0.25, 0.3) is 16.4 Å². The molecule has 1 N–H and O–H groups in total. The number of imidazole rings is 1. The van der Waals surface area contributed by atoms with Gasteiger partial charge in [-0.15, -0.1) is 0 Å². The number of hydrogen-bond acceptors (Lipinski definition) is 4. The highest BCUT2D eigenvalue weighted by molar-refractivity contribution is 9.10. The summed E-state index contributed by atoms with van der Waals surface area (Å²) in [5.41, 5.74) is 2.91. The summed E-state index contributed by atoms with van der Waals surface area (Å²) in [6, 6.07) is 5.99. The molecule has 148 valence electrons. The van der Waals surface area contributed by atoms with E-state index >= 15 is 0 Å². The molecule has 0 unspecified atom stereocenters. The monoisotopic (exact) mass is 451 g/mol. The van der Waals surface area contributed by atoms with Crippen LogP contribution in [0.4, 0.5) is 0 Å². The summed E-state index contributed by atoms with van der Waals surface area (Å²) in [5.74, 6) is 0.855. The Morgan fingerprint density at radius 3 is 2.86 bits per heavy atom. The van der Waals surface area contributed by atoms with E-state index < -0.39 is 0 Å². The van der Waals surface area contributed by atoms with Gasteiger partial charge < -0.3 is 14.3 Å². The second kappa shape index (κ2) is 7.72. The Bertz CT molecular complexity index is 1240. The highest BCUT2D eigenvalue weighted by atomic mass is 79.9. The molecule has 5 rings (SSSR count). The number of nitrogens with zero attached hydrogens (tertiary/aromatic N) is 4. The van der Waals surface area contributed by atoms with Gasteiger partial charge in [0.25, 0.3) is 5.56 Å². The number of halogens is 1. The van der Waals surface area contributed by atoms with Gasteiger partial charge in [-0.3, -0.25) is 9.78 Å². The maximum absolute atomic E-state index is 12.8. The number of aromatic nitrogens is 4. The molecule has 6 nitrogen and oxygen atoms in total. The number of pyridine rings is 3. The molecular weight excluding hydrogens is 430 g/mol. The maximum atomic E-state index is 12.8. The second-order valence-corrected chi connectivity index (χ2v) is 8.65. The Balaban J connectivity index is 1.37. The lowest BCUT2D eigenvalue weighted by atomic mass is 9.85. The molecule has 4 aromatic rings. The molecular formula is C22H22BrN5O. The first-order valence-corrected chi connectivity index (χ1v) is 10.8. The third-order valence-electron chi connectivity index (χ3n) is 5.72. The summed E-state index contributed by atoms with van der Waals surface area (Å²) in [5, 5.41) is 5.03. The van der Waals surface area contributed by atoms with Crippen LogP contribution in [0, 0.1) is 5.92 Å². The van der Waals surface area contributed by atoms with Crippen LogP contribution in [0.3, 0.4) is 0 Å². The fraction of sp³-hybridized carbons (Fsp3) is 0.318. The fourth-order valence-electron chi connectivity index (χ4n) is 3.87. The normalized spacial score (nSPS) is 14.5. The molecule has 7 heteroatoms. The van der Waals surface area contributed by atoms with Gasteiger partial charge in [0.05, 0.1) is 17.6 Å². The topological polar surface area (TPSA) is 64.2 Å². The highest BCUT2D eigenvalue weighted by Crippen LogP contribution is 2.25. The van der Waals surface area contributed by atoms with Crippen LogP contribution in [0.5, 0.6) is 0 Å². The van der Waals surface area contributed by atoms with Crippen molar-refractivity contribution in [2.45, 2.75) is 32.4 Å². The predicted octanol–water partition coefficient (Wildman–Crippen LogP) is 3.74. The van der Waals surface area contributed by atoms with Gasteiger partial charge in [-0.1, -0.05) is 12.5 Å². The van der Waals surface area contributed by atoms with Gasteiger partial charge in [0.2, 0.25) is 0 Å². The van der Waals surface area contributed by atoms with Crippen LogP contribution in [0.1, 0.15) is 30.5 Å². The van der Waals surface area contributed by atoms with Gasteiger partial charge in [0.15, 0.2) is 0 Å². The van der Waals surface area contributed by atoms with Crippen molar-refractivity contribution in [1.82, 2.24) is 24.3 Å². The molecule has 0 aromatic carbocycles. The summed E-state index contributed by atoms with van der Waals surface area (Å²) in [6.07, 6.45) is 13.3. The standard InChI is InChI=1S/C22H22BrN5O/c23-20-14-28(22(29)19-10-24-7-6-18(19)20)13-17-12-27-11-16(4-5-21(27)26-17)9-25-8-15-2-1-3-15/h4-7,10-12,14-15,25H,1-3,8-9,13H2. The molecule has 29 heavy (non-hydrogen) atoms. The quantitative estimate of drug-likeness (QED) is 0.484. The van der Waals surface area contributed by atoms with E-state index in [1.807, 2.05) is 28.9 Å². The van der Waals surface area contributed by atoms with E-state index in [0.29, 0.717) is 11.9 Å². The Morgan fingerprint density at radius 2 is 2.03 bits per heavy atom. The van der Waals surface area contributed by atoms with Gasteiger partial charge >= 0.3 is 0 Å². The van der Waals surface area contributed by atoms with Crippen molar-refractivity contribution in [3.05, 3.63) is 75.3 Å². The van der Waals surface area contributed by atoms with Crippen molar-refractivity contribution in [2.75, 3.05) is 6.54 Å². The lowest BCUT2D eigenvalue weighted by molar-refractivity contribution is 0.301. The molecule has 0 saturated heterocycles. The van der Waals surface area contributed by atoms with E-state index in [0.717, 1.165) is 40.2 Å². The summed E-state index contributed by atoms with van der Waals surface area (Å²) < 4.78 is 4.59. The average Bonchev–Trinajstić information content (AvgIpc) is 3.09. The Morgan fingerprint density at radius 1 is 1.14 bits per heavy atom. The molecule has 4 aromatic heterocycles. The smallest absolute Gasteiger partial charge is 0.260 e. The zero-order valence-corrected chi connectivity index (χ0v) is 17.6. The van der Waals surface area contributed by atoms with Crippen LogP contribution in [-0.4, -0.2) is 25.5 Å². The SMILES string of the molecule is O=c1c2cnccc2c(Br)cn1Cc1cn2cc(CNCC3CCC3)ccc2n1. The third-order valence-corrected chi connectivity index (χ3v) is 6.35. The summed E-state index contributed by atoms with van der Waals surface area (Å²) in [6.45, 7) is 2.38. The van der Waals surface area contributed by atoms with Gasteiger partial charge in [-0.2, -0.15) is 0 Å². The minimum atomic E-state index is -0.0609. The molecule has 4 heterocycles. The van der Waals surface area contributed by atoms with Crippen LogP contribution in [-0.2, 0) is 13.1 Å². The first-order valence-electron chi connectivity index (χ1n) is 9.97. The molecule has 1 aliphatic carbocycles. The third kappa shape index (κ3) is 3.72. The summed E-state index contributed by atoms with van der Waals surface area (Å²) in [4.78, 5) is 21.6. The van der Waals surface area contributed by atoms with Gasteiger partial charge in [0.1, 0.15) is 5.65 Å². The first kappa shape index (κ1) is 18.5. The van der Waals surface area contributed by atoms with Crippen molar-refractivity contribution in [2.24, 2.45) is 5.92 Å². The Hall–Kier alpha value is -2.51. The largest absolute Gasteiger partial charge is 0.312 e. The number of nitrogens with one attached hydrogen (secondary N) is 1. The molecule has 0 aliphatic heterocycles. The van der Waals surface area contributed by atoms with E-state index in [2.05, 4.69) is 43.5 Å². The minimum absolute atomic E-state index is 0.0609. The van der Waals surface area contributed by atoms with Gasteiger partial charge in [-0.05, 0) is 58.9 Å². The number of fused-ring (bicyclic) bond motifs is 2. The molecule has 0 atom stereocenters. The Kier molecular flexibility index (Phi) is 4.93. The number of hydrogen-bond donors (Lipinski definition) is 1. The molecule has 1 saturated carbocycles. The molecule has 0 bridgehead atoms. The van der Waals surface area contributed by atoms with E-state index in [1.165, 1.54) is 24.8 Å². The fourth-order valence-corrected chi connectivity index (χ4v) is 4.47.